The van der Waals surface area contributed by atoms with Crippen LogP contribution in [0.2, 0.25) is 0 Å². The molecule has 140 valence electrons. The number of hydrogen-bond acceptors (Lipinski definition) is 3. The van der Waals surface area contributed by atoms with Gasteiger partial charge in [-0.15, -0.1) is 0 Å². The van der Waals surface area contributed by atoms with Crippen LogP contribution >= 0.6 is 10.3 Å². The molecule has 0 aromatic heterocycles. The lowest BCUT2D eigenvalue weighted by molar-refractivity contribution is -0.133. The molecule has 0 amide bonds. The number of rotatable bonds is 7. The molecule has 0 aliphatic rings. The zero-order valence-corrected chi connectivity index (χ0v) is 16.4. The highest BCUT2D eigenvalue weighted by molar-refractivity contribution is 8.30. The van der Waals surface area contributed by atoms with E-state index in [0.29, 0.717) is 6.42 Å². The molecule has 27 heavy (non-hydrogen) atoms. The lowest BCUT2D eigenvalue weighted by Gasteiger charge is -2.39. The predicted molar refractivity (Wildman–Crippen MR) is 109 cm³/mol. The van der Waals surface area contributed by atoms with E-state index in [4.69, 9.17) is 8.92 Å². The second kappa shape index (κ2) is 8.78. The van der Waals surface area contributed by atoms with Crippen molar-refractivity contribution in [2.75, 3.05) is 7.11 Å². The third kappa shape index (κ3) is 4.01. The Morgan fingerprint density at radius 3 is 1.70 bits per heavy atom. The summed E-state index contributed by atoms with van der Waals surface area (Å²) in [4.78, 5) is 15.6. The van der Waals surface area contributed by atoms with Crippen LogP contribution in [0.3, 0.4) is 0 Å². The molecule has 0 unspecified atom stereocenters. The number of methoxy groups -OCH3 is 1. The normalized spacial score (nSPS) is 11.6. The summed E-state index contributed by atoms with van der Waals surface area (Å²) < 4.78 is 11.6. The van der Waals surface area contributed by atoms with Gasteiger partial charge in [-0.3, -0.25) is 4.79 Å². The summed E-state index contributed by atoms with van der Waals surface area (Å²) in [7, 11) is -0.540. The van der Waals surface area contributed by atoms with Crippen molar-refractivity contribution in [3.8, 4) is 5.75 Å². The van der Waals surface area contributed by atoms with Crippen molar-refractivity contribution in [2.24, 2.45) is 0 Å². The maximum Gasteiger partial charge on any atom is 0.317 e. The van der Waals surface area contributed by atoms with Gasteiger partial charge in [0.25, 0.3) is 0 Å². The van der Waals surface area contributed by atoms with Gasteiger partial charge in [-0.1, -0.05) is 43.3 Å². The van der Waals surface area contributed by atoms with E-state index >= 15 is 0 Å². The summed E-state index contributed by atoms with van der Waals surface area (Å²) in [6.45, 7) is 1.98. The zero-order valence-electron chi connectivity index (χ0n) is 15.6. The number of carbonyl (C=O) groups excluding carboxylic acids is 1. The Morgan fingerprint density at radius 1 is 0.778 bits per heavy atom. The van der Waals surface area contributed by atoms with Crippen LogP contribution in [0.15, 0.2) is 99.6 Å². The maximum atomic E-state index is 12.7. The molecule has 0 aliphatic heterocycles. The standard InChI is InChI=1S/C23H24O3S/c1-3-10-23(24)26-27(20-11-6-4-7-12-20,21-13-8-5-9-14-21)22-17-15-19(25-2)16-18-22/h4-9,11-18H,3,10H2,1-2H3. The first kappa shape index (κ1) is 19.1. The van der Waals surface area contributed by atoms with Gasteiger partial charge in [0.2, 0.25) is 0 Å². The van der Waals surface area contributed by atoms with Gasteiger partial charge in [-0.05, 0) is 65.3 Å². The molecule has 3 aromatic carbocycles. The minimum Gasteiger partial charge on any atom is -0.497 e. The van der Waals surface area contributed by atoms with E-state index in [9.17, 15) is 4.79 Å². The molecule has 0 heterocycles. The van der Waals surface area contributed by atoms with Crippen LogP contribution in [0, 0.1) is 0 Å². The van der Waals surface area contributed by atoms with E-state index in [1.54, 1.807) is 7.11 Å². The van der Waals surface area contributed by atoms with E-state index in [2.05, 4.69) is 0 Å². The summed E-state index contributed by atoms with van der Waals surface area (Å²) in [6.07, 6.45) is 1.14. The van der Waals surface area contributed by atoms with Crippen LogP contribution in [0.5, 0.6) is 5.75 Å². The third-order valence-electron chi connectivity index (χ3n) is 4.21. The minimum absolute atomic E-state index is 0.184. The smallest absolute Gasteiger partial charge is 0.317 e. The van der Waals surface area contributed by atoms with Crippen molar-refractivity contribution < 1.29 is 13.7 Å². The van der Waals surface area contributed by atoms with Crippen LogP contribution < -0.4 is 4.74 Å². The highest BCUT2D eigenvalue weighted by Crippen LogP contribution is 2.69. The molecule has 4 heteroatoms. The summed E-state index contributed by atoms with van der Waals surface area (Å²) in [6, 6.07) is 27.8. The van der Waals surface area contributed by atoms with Crippen molar-refractivity contribution >= 4 is 16.3 Å². The van der Waals surface area contributed by atoms with Gasteiger partial charge in [0.05, 0.1) is 7.11 Å². The summed E-state index contributed by atoms with van der Waals surface area (Å²) in [5.74, 6) is 0.587. The highest BCUT2D eigenvalue weighted by Gasteiger charge is 2.35. The molecule has 0 radical (unpaired) electrons. The lowest BCUT2D eigenvalue weighted by Crippen LogP contribution is -2.13. The van der Waals surface area contributed by atoms with Gasteiger partial charge in [-0.25, -0.2) is 0 Å². The second-order valence-electron chi connectivity index (χ2n) is 6.06. The molecule has 3 rings (SSSR count). The van der Waals surface area contributed by atoms with Crippen molar-refractivity contribution in [2.45, 2.75) is 34.5 Å². The van der Waals surface area contributed by atoms with Crippen molar-refractivity contribution in [1.29, 1.82) is 0 Å². The molecule has 3 nitrogen and oxygen atoms in total. The molecule has 0 N–H and O–H groups in total. The number of ether oxygens (including phenoxy) is 1. The molecule has 0 spiro atoms. The summed E-state index contributed by atoms with van der Waals surface area (Å²) in [5, 5.41) is 0. The maximum absolute atomic E-state index is 12.7. The zero-order chi connectivity index (χ0) is 19.1. The molecule has 0 aliphatic carbocycles. The van der Waals surface area contributed by atoms with Crippen LogP contribution in [-0.4, -0.2) is 13.1 Å². The fourth-order valence-electron chi connectivity index (χ4n) is 2.93. The molecule has 3 aromatic rings. The molecule has 0 saturated carbocycles. The van der Waals surface area contributed by atoms with Crippen molar-refractivity contribution in [1.82, 2.24) is 0 Å². The monoisotopic (exact) mass is 380 g/mol. The first-order valence-electron chi connectivity index (χ1n) is 9.00. The van der Waals surface area contributed by atoms with Crippen molar-refractivity contribution in [3.05, 3.63) is 84.9 Å². The average Bonchev–Trinajstić information content (AvgIpc) is 2.73. The average molecular weight is 381 g/mol. The second-order valence-corrected chi connectivity index (χ2v) is 8.76. The van der Waals surface area contributed by atoms with E-state index < -0.39 is 10.3 Å². The lowest BCUT2D eigenvalue weighted by atomic mass is 10.3. The molecule has 0 bridgehead atoms. The Bertz CT molecular complexity index is 822. The fourth-order valence-corrected chi connectivity index (χ4v) is 6.00. The molecular weight excluding hydrogens is 356 g/mol. The first-order valence-corrected chi connectivity index (χ1v) is 10.6. The fraction of sp³-hybridized carbons (Fsp3) is 0.174. The van der Waals surface area contributed by atoms with Gasteiger partial charge in [-0.2, -0.15) is 0 Å². The highest BCUT2D eigenvalue weighted by atomic mass is 32.3. The Labute approximate surface area is 162 Å². The Kier molecular flexibility index (Phi) is 6.20. The van der Waals surface area contributed by atoms with Crippen LogP contribution in [0.4, 0.5) is 0 Å². The number of benzene rings is 3. The SMILES string of the molecule is CCCC(=O)OS(c1ccccc1)(c1ccccc1)c1ccc(OC)cc1. The van der Waals surface area contributed by atoms with Gasteiger partial charge < -0.3 is 8.92 Å². The van der Waals surface area contributed by atoms with Gasteiger partial charge >= 0.3 is 5.97 Å². The number of hydrogen-bond donors (Lipinski definition) is 0. The largest absolute Gasteiger partial charge is 0.497 e. The molecular formula is C23H24O3S. The van der Waals surface area contributed by atoms with Gasteiger partial charge in [0.15, 0.2) is 0 Å². The Hall–Kier alpha value is -2.72. The van der Waals surface area contributed by atoms with Gasteiger partial charge in [0, 0.05) is 21.1 Å². The third-order valence-corrected chi connectivity index (χ3v) is 7.46. The van der Waals surface area contributed by atoms with E-state index in [-0.39, 0.29) is 5.97 Å². The summed E-state index contributed by atoms with van der Waals surface area (Å²) in [5.41, 5.74) is 0. The van der Waals surface area contributed by atoms with Crippen LogP contribution in [0.25, 0.3) is 0 Å². The minimum atomic E-state index is -2.18. The first-order chi connectivity index (χ1) is 13.2. The Morgan fingerprint density at radius 2 is 1.26 bits per heavy atom. The summed E-state index contributed by atoms with van der Waals surface area (Å²) >= 11 is 0. The van der Waals surface area contributed by atoms with Crippen LogP contribution in [0.1, 0.15) is 19.8 Å². The topological polar surface area (TPSA) is 35.5 Å². The quantitative estimate of drug-likeness (QED) is 0.487. The Balaban J connectivity index is 2.25. The number of carbonyl (C=O) groups is 1. The molecule has 0 atom stereocenters. The van der Waals surface area contributed by atoms with E-state index in [0.717, 1.165) is 26.9 Å². The van der Waals surface area contributed by atoms with Gasteiger partial charge in [0.1, 0.15) is 5.75 Å². The van der Waals surface area contributed by atoms with E-state index in [1.807, 2.05) is 91.9 Å². The van der Waals surface area contributed by atoms with E-state index in [1.165, 1.54) is 0 Å². The van der Waals surface area contributed by atoms with Crippen LogP contribution in [-0.2, 0) is 8.98 Å². The molecule has 0 saturated heterocycles. The van der Waals surface area contributed by atoms with Crippen molar-refractivity contribution in [3.63, 3.8) is 0 Å². The molecule has 0 fully saturated rings. The predicted octanol–water partition coefficient (Wildman–Crippen LogP) is 6.24.